The van der Waals surface area contributed by atoms with Gasteiger partial charge >= 0.3 is 0 Å². The number of amides is 1. The second kappa shape index (κ2) is 6.60. The maximum atomic E-state index is 13.9. The van der Waals surface area contributed by atoms with Gasteiger partial charge in [0.15, 0.2) is 0 Å². The quantitative estimate of drug-likeness (QED) is 0.700. The predicted molar refractivity (Wildman–Crippen MR) is 95.6 cm³/mol. The summed E-state index contributed by atoms with van der Waals surface area (Å²) in [6, 6.07) is 10.7. The van der Waals surface area contributed by atoms with E-state index in [2.05, 4.69) is 30.8 Å². The minimum absolute atomic E-state index is 0.134. The number of aromatic nitrogens is 2. The Kier molecular flexibility index (Phi) is 4.53. The Morgan fingerprint density at radius 2 is 2.12 bits per heavy atom. The second-order valence-corrected chi connectivity index (χ2v) is 6.32. The van der Waals surface area contributed by atoms with Crippen molar-refractivity contribution in [2.45, 2.75) is 13.5 Å². The van der Waals surface area contributed by atoms with Gasteiger partial charge in [0.25, 0.3) is 5.91 Å². The van der Waals surface area contributed by atoms with Crippen molar-refractivity contribution < 1.29 is 9.18 Å². The molecular weight excluding hydrogens is 375 g/mol. The van der Waals surface area contributed by atoms with Crippen LogP contribution >= 0.6 is 15.9 Å². The molecule has 1 heterocycles. The number of nitrogens with one attached hydrogen (secondary N) is 1. The SMILES string of the molecule is Cc1nc2ccccc2n1CCNc1cc(Br)cc(F)c1C(N)=O. The molecule has 2 aromatic carbocycles. The van der Waals surface area contributed by atoms with Gasteiger partial charge in [-0.2, -0.15) is 0 Å². The number of halogens is 2. The number of aryl methyl sites for hydroxylation is 1. The second-order valence-electron chi connectivity index (χ2n) is 5.40. The lowest BCUT2D eigenvalue weighted by atomic mass is 10.1. The number of carbonyl (C=O) groups is 1. The van der Waals surface area contributed by atoms with Gasteiger partial charge in [0.1, 0.15) is 11.6 Å². The van der Waals surface area contributed by atoms with Crippen LogP contribution in [0.3, 0.4) is 0 Å². The lowest BCUT2D eigenvalue weighted by Gasteiger charge is -2.13. The molecule has 3 rings (SSSR count). The van der Waals surface area contributed by atoms with E-state index in [9.17, 15) is 9.18 Å². The highest BCUT2D eigenvalue weighted by atomic mass is 79.9. The van der Waals surface area contributed by atoms with Crippen LogP contribution < -0.4 is 11.1 Å². The van der Waals surface area contributed by atoms with Gasteiger partial charge < -0.3 is 15.6 Å². The monoisotopic (exact) mass is 390 g/mol. The summed E-state index contributed by atoms with van der Waals surface area (Å²) in [7, 11) is 0. The predicted octanol–water partition coefficient (Wildman–Crippen LogP) is 3.46. The summed E-state index contributed by atoms with van der Waals surface area (Å²) in [4.78, 5) is 16.0. The Bertz CT molecular complexity index is 922. The number of nitrogens with zero attached hydrogens (tertiary/aromatic N) is 2. The number of primary amides is 1. The van der Waals surface area contributed by atoms with Crippen LogP contribution in [0, 0.1) is 12.7 Å². The number of rotatable bonds is 5. The number of nitrogens with two attached hydrogens (primary N) is 1. The fourth-order valence-corrected chi connectivity index (χ4v) is 3.17. The van der Waals surface area contributed by atoms with Gasteiger partial charge in [0.05, 0.1) is 22.3 Å². The molecule has 1 amide bonds. The molecule has 0 atom stereocenters. The molecular formula is C17H16BrFN4O. The molecule has 0 saturated heterocycles. The Hall–Kier alpha value is -2.41. The first-order valence-electron chi connectivity index (χ1n) is 7.42. The lowest BCUT2D eigenvalue weighted by molar-refractivity contribution is 0.0997. The highest BCUT2D eigenvalue weighted by molar-refractivity contribution is 9.10. The molecule has 5 nitrogen and oxygen atoms in total. The van der Waals surface area contributed by atoms with E-state index >= 15 is 0 Å². The summed E-state index contributed by atoms with van der Waals surface area (Å²) >= 11 is 3.22. The number of hydrogen-bond donors (Lipinski definition) is 2. The summed E-state index contributed by atoms with van der Waals surface area (Å²) in [5, 5.41) is 3.09. The van der Waals surface area contributed by atoms with Gasteiger partial charge in [-0.05, 0) is 31.2 Å². The number of para-hydroxylation sites is 2. The maximum absolute atomic E-state index is 13.9. The van der Waals surface area contributed by atoms with E-state index < -0.39 is 11.7 Å². The van der Waals surface area contributed by atoms with Crippen LogP contribution in [0.1, 0.15) is 16.2 Å². The molecule has 0 bridgehead atoms. The third-order valence-corrected chi connectivity index (χ3v) is 4.26. The molecule has 0 spiro atoms. The van der Waals surface area contributed by atoms with Crippen molar-refractivity contribution in [1.82, 2.24) is 9.55 Å². The first-order valence-corrected chi connectivity index (χ1v) is 8.21. The summed E-state index contributed by atoms with van der Waals surface area (Å²) in [5.41, 5.74) is 7.49. The Morgan fingerprint density at radius 1 is 1.38 bits per heavy atom. The zero-order valence-electron chi connectivity index (χ0n) is 13.0. The van der Waals surface area contributed by atoms with Crippen LogP contribution in [0.5, 0.6) is 0 Å². The minimum atomic E-state index is -0.799. The molecule has 0 saturated carbocycles. The van der Waals surface area contributed by atoms with Gasteiger partial charge in [-0.15, -0.1) is 0 Å². The average Bonchev–Trinajstić information content (AvgIpc) is 2.82. The third-order valence-electron chi connectivity index (χ3n) is 3.80. The van der Waals surface area contributed by atoms with Crippen molar-refractivity contribution in [3.8, 4) is 0 Å². The molecule has 0 aliphatic rings. The summed E-state index contributed by atoms with van der Waals surface area (Å²) < 4.78 is 16.6. The molecule has 0 aliphatic heterocycles. The number of carbonyl (C=O) groups excluding carboxylic acids is 1. The fraction of sp³-hybridized carbons (Fsp3) is 0.176. The zero-order valence-corrected chi connectivity index (χ0v) is 14.6. The molecule has 24 heavy (non-hydrogen) atoms. The number of benzene rings is 2. The van der Waals surface area contributed by atoms with Crippen molar-refractivity contribution in [3.05, 3.63) is 58.1 Å². The number of fused-ring (bicyclic) bond motifs is 1. The van der Waals surface area contributed by atoms with Crippen molar-refractivity contribution >= 4 is 38.6 Å². The van der Waals surface area contributed by atoms with Crippen LogP contribution in [0.25, 0.3) is 11.0 Å². The maximum Gasteiger partial charge on any atom is 0.253 e. The normalized spacial score (nSPS) is 11.0. The first kappa shape index (κ1) is 16.4. The third kappa shape index (κ3) is 3.12. The van der Waals surface area contributed by atoms with E-state index in [0.717, 1.165) is 16.9 Å². The van der Waals surface area contributed by atoms with Gasteiger partial charge in [-0.25, -0.2) is 9.37 Å². The van der Waals surface area contributed by atoms with Crippen LogP contribution in [-0.4, -0.2) is 22.0 Å². The Balaban J connectivity index is 1.82. The van der Waals surface area contributed by atoms with E-state index in [-0.39, 0.29) is 5.56 Å². The highest BCUT2D eigenvalue weighted by Crippen LogP contribution is 2.24. The van der Waals surface area contributed by atoms with E-state index in [1.54, 1.807) is 6.07 Å². The van der Waals surface area contributed by atoms with E-state index in [4.69, 9.17) is 5.73 Å². The molecule has 0 aliphatic carbocycles. The molecule has 124 valence electrons. The number of imidazole rings is 1. The molecule has 0 unspecified atom stereocenters. The summed E-state index contributed by atoms with van der Waals surface area (Å²) in [6.45, 7) is 3.06. The summed E-state index contributed by atoms with van der Waals surface area (Å²) in [6.07, 6.45) is 0. The molecule has 3 aromatic rings. The Morgan fingerprint density at radius 3 is 2.88 bits per heavy atom. The largest absolute Gasteiger partial charge is 0.382 e. The van der Waals surface area contributed by atoms with Gasteiger partial charge in [-0.1, -0.05) is 28.1 Å². The Labute approximate surface area is 146 Å². The van der Waals surface area contributed by atoms with E-state index in [0.29, 0.717) is 23.2 Å². The van der Waals surface area contributed by atoms with Crippen molar-refractivity contribution in [2.24, 2.45) is 5.73 Å². The first-order chi connectivity index (χ1) is 11.5. The van der Waals surface area contributed by atoms with Crippen LogP contribution in [0.4, 0.5) is 10.1 Å². The van der Waals surface area contributed by atoms with E-state index in [1.165, 1.54) is 6.07 Å². The van der Waals surface area contributed by atoms with Gasteiger partial charge in [0.2, 0.25) is 0 Å². The molecule has 0 fully saturated rings. The van der Waals surface area contributed by atoms with E-state index in [1.807, 2.05) is 31.2 Å². The molecule has 7 heteroatoms. The van der Waals surface area contributed by atoms with Crippen molar-refractivity contribution in [1.29, 1.82) is 0 Å². The summed E-state index contributed by atoms with van der Waals surface area (Å²) in [5.74, 6) is -0.552. The van der Waals surface area contributed by atoms with Crippen molar-refractivity contribution in [2.75, 3.05) is 11.9 Å². The van der Waals surface area contributed by atoms with Crippen LogP contribution in [-0.2, 0) is 6.54 Å². The van der Waals surface area contributed by atoms with Gasteiger partial charge in [-0.3, -0.25) is 4.79 Å². The van der Waals surface area contributed by atoms with Crippen molar-refractivity contribution in [3.63, 3.8) is 0 Å². The lowest BCUT2D eigenvalue weighted by Crippen LogP contribution is -2.18. The fourth-order valence-electron chi connectivity index (χ4n) is 2.74. The van der Waals surface area contributed by atoms with Crippen LogP contribution in [0.15, 0.2) is 40.9 Å². The standard InChI is InChI=1S/C17H16BrFN4O/c1-10-22-13-4-2-3-5-15(13)23(10)7-6-21-14-9-11(18)8-12(19)16(14)17(20)24/h2-5,8-9,21H,6-7H2,1H3,(H2,20,24). The number of hydrogen-bond acceptors (Lipinski definition) is 3. The van der Waals surface area contributed by atoms with Crippen LogP contribution in [0.2, 0.25) is 0 Å². The average molecular weight is 391 g/mol. The molecule has 1 aromatic heterocycles. The van der Waals surface area contributed by atoms with Gasteiger partial charge in [0, 0.05) is 17.6 Å². The number of anilines is 1. The smallest absolute Gasteiger partial charge is 0.253 e. The highest BCUT2D eigenvalue weighted by Gasteiger charge is 2.15. The molecule has 0 radical (unpaired) electrons. The minimum Gasteiger partial charge on any atom is -0.382 e. The molecule has 3 N–H and O–H groups in total. The topological polar surface area (TPSA) is 72.9 Å². The zero-order chi connectivity index (χ0) is 17.3.